The van der Waals surface area contributed by atoms with Crippen LogP contribution in [-0.2, 0) is 4.79 Å². The summed E-state index contributed by atoms with van der Waals surface area (Å²) in [6.45, 7) is 4.31. The predicted octanol–water partition coefficient (Wildman–Crippen LogP) is 1.06. The highest BCUT2D eigenvalue weighted by atomic mass is 16.5. The number of methoxy groups -OCH3 is 3. The minimum Gasteiger partial charge on any atom is -0.493 e. The summed E-state index contributed by atoms with van der Waals surface area (Å²) in [6.07, 6.45) is 0. The van der Waals surface area contributed by atoms with Crippen LogP contribution >= 0.6 is 0 Å². The van der Waals surface area contributed by atoms with Gasteiger partial charge in [-0.15, -0.1) is 0 Å². The molecule has 23 heavy (non-hydrogen) atoms. The number of ether oxygens (including phenoxy) is 3. The lowest BCUT2D eigenvalue weighted by Crippen LogP contribution is -2.63. The third-order valence-corrected chi connectivity index (χ3v) is 4.01. The quantitative estimate of drug-likeness (QED) is 0.897. The maximum Gasteiger partial charge on any atom is 0.255 e. The molecule has 2 amide bonds. The fourth-order valence-corrected chi connectivity index (χ4v) is 2.62. The standard InChI is InChI=1S/C16H22N2O5/c1-16(2)15(20)17-6-7-18(16)14(19)10-8-11(21-3)13(23-5)12(9-10)22-4/h8-9H,6-7H2,1-5H3,(H,17,20). The first-order valence-electron chi connectivity index (χ1n) is 7.27. The molecular weight excluding hydrogens is 300 g/mol. The molecule has 2 rings (SSSR count). The van der Waals surface area contributed by atoms with Crippen LogP contribution in [0.2, 0.25) is 0 Å². The minimum absolute atomic E-state index is 0.176. The first-order chi connectivity index (χ1) is 10.9. The Hall–Kier alpha value is -2.44. The molecule has 0 spiro atoms. The Kier molecular flexibility index (Phi) is 4.68. The molecule has 1 heterocycles. The summed E-state index contributed by atoms with van der Waals surface area (Å²) in [4.78, 5) is 26.5. The van der Waals surface area contributed by atoms with E-state index < -0.39 is 5.54 Å². The van der Waals surface area contributed by atoms with Crippen LogP contribution < -0.4 is 19.5 Å². The molecule has 0 aromatic heterocycles. The summed E-state index contributed by atoms with van der Waals surface area (Å²) in [5.41, 5.74) is -0.544. The van der Waals surface area contributed by atoms with E-state index in [0.717, 1.165) is 0 Å². The number of amides is 2. The van der Waals surface area contributed by atoms with Crippen molar-refractivity contribution in [3.05, 3.63) is 17.7 Å². The van der Waals surface area contributed by atoms with Gasteiger partial charge in [-0.05, 0) is 26.0 Å². The Morgan fingerprint density at radius 3 is 2.17 bits per heavy atom. The van der Waals surface area contributed by atoms with Crippen molar-refractivity contribution in [2.45, 2.75) is 19.4 Å². The van der Waals surface area contributed by atoms with Crippen molar-refractivity contribution in [3.8, 4) is 17.2 Å². The molecule has 1 N–H and O–H groups in total. The van der Waals surface area contributed by atoms with E-state index in [1.54, 1.807) is 30.9 Å². The molecular formula is C16H22N2O5. The van der Waals surface area contributed by atoms with Gasteiger partial charge in [-0.25, -0.2) is 0 Å². The van der Waals surface area contributed by atoms with Crippen LogP contribution in [0.1, 0.15) is 24.2 Å². The molecule has 1 aromatic carbocycles. The van der Waals surface area contributed by atoms with E-state index in [4.69, 9.17) is 14.2 Å². The first-order valence-corrected chi connectivity index (χ1v) is 7.27. The third-order valence-electron chi connectivity index (χ3n) is 4.01. The highest BCUT2D eigenvalue weighted by molar-refractivity contribution is 6.00. The van der Waals surface area contributed by atoms with Crippen LogP contribution in [0.5, 0.6) is 17.2 Å². The number of hydrogen-bond donors (Lipinski definition) is 1. The number of piperazine rings is 1. The number of hydrogen-bond acceptors (Lipinski definition) is 5. The lowest BCUT2D eigenvalue weighted by Gasteiger charge is -2.41. The smallest absolute Gasteiger partial charge is 0.255 e. The van der Waals surface area contributed by atoms with Gasteiger partial charge >= 0.3 is 0 Å². The van der Waals surface area contributed by atoms with E-state index in [9.17, 15) is 9.59 Å². The van der Waals surface area contributed by atoms with Crippen LogP contribution in [0.3, 0.4) is 0 Å². The topological polar surface area (TPSA) is 77.1 Å². The molecule has 1 saturated heterocycles. The third kappa shape index (κ3) is 2.91. The number of nitrogens with zero attached hydrogens (tertiary/aromatic N) is 1. The van der Waals surface area contributed by atoms with E-state index in [1.807, 2.05) is 0 Å². The van der Waals surface area contributed by atoms with Gasteiger partial charge in [-0.1, -0.05) is 0 Å². The van der Waals surface area contributed by atoms with Crippen molar-refractivity contribution in [1.29, 1.82) is 0 Å². The zero-order valence-corrected chi connectivity index (χ0v) is 14.1. The Bertz CT molecular complexity index is 602. The molecule has 0 radical (unpaired) electrons. The van der Waals surface area contributed by atoms with Crippen LogP contribution in [0, 0.1) is 0 Å². The van der Waals surface area contributed by atoms with Crippen LogP contribution in [0.4, 0.5) is 0 Å². The van der Waals surface area contributed by atoms with E-state index >= 15 is 0 Å². The molecule has 1 aliphatic heterocycles. The second kappa shape index (κ2) is 6.36. The molecule has 0 aliphatic carbocycles. The summed E-state index contributed by atoms with van der Waals surface area (Å²) >= 11 is 0. The van der Waals surface area contributed by atoms with E-state index in [1.165, 1.54) is 21.3 Å². The van der Waals surface area contributed by atoms with Crippen molar-refractivity contribution in [2.24, 2.45) is 0 Å². The Morgan fingerprint density at radius 1 is 1.13 bits per heavy atom. The van der Waals surface area contributed by atoms with E-state index in [2.05, 4.69) is 5.32 Å². The largest absolute Gasteiger partial charge is 0.493 e. The van der Waals surface area contributed by atoms with Gasteiger partial charge in [0.05, 0.1) is 21.3 Å². The SMILES string of the molecule is COc1cc(C(=O)N2CCNC(=O)C2(C)C)cc(OC)c1OC. The minimum atomic E-state index is -0.921. The number of rotatable bonds is 4. The molecule has 0 bridgehead atoms. The number of nitrogens with one attached hydrogen (secondary N) is 1. The van der Waals surface area contributed by atoms with Crippen LogP contribution in [0.15, 0.2) is 12.1 Å². The molecule has 1 fully saturated rings. The van der Waals surface area contributed by atoms with Gasteiger partial charge < -0.3 is 24.4 Å². The molecule has 1 aromatic rings. The van der Waals surface area contributed by atoms with Gasteiger partial charge in [0, 0.05) is 18.7 Å². The molecule has 7 heteroatoms. The highest BCUT2D eigenvalue weighted by Crippen LogP contribution is 2.38. The first kappa shape index (κ1) is 16.9. The maximum absolute atomic E-state index is 12.9. The number of carbonyl (C=O) groups excluding carboxylic acids is 2. The monoisotopic (exact) mass is 322 g/mol. The Balaban J connectivity index is 2.45. The maximum atomic E-state index is 12.9. The molecule has 0 unspecified atom stereocenters. The van der Waals surface area contributed by atoms with Gasteiger partial charge in [-0.2, -0.15) is 0 Å². The Labute approximate surface area is 135 Å². The van der Waals surface area contributed by atoms with Crippen molar-refractivity contribution in [1.82, 2.24) is 10.2 Å². The molecule has 126 valence electrons. The summed E-state index contributed by atoms with van der Waals surface area (Å²) in [7, 11) is 4.48. The highest BCUT2D eigenvalue weighted by Gasteiger charge is 2.41. The zero-order valence-electron chi connectivity index (χ0n) is 14.1. The van der Waals surface area contributed by atoms with Crippen molar-refractivity contribution < 1.29 is 23.8 Å². The second-order valence-electron chi connectivity index (χ2n) is 5.69. The average molecular weight is 322 g/mol. The average Bonchev–Trinajstić information content (AvgIpc) is 2.55. The second-order valence-corrected chi connectivity index (χ2v) is 5.69. The Morgan fingerprint density at radius 2 is 1.70 bits per heavy atom. The number of carbonyl (C=O) groups is 2. The fraction of sp³-hybridized carbons (Fsp3) is 0.500. The summed E-state index contributed by atoms with van der Waals surface area (Å²) in [5, 5.41) is 2.77. The van der Waals surface area contributed by atoms with Crippen molar-refractivity contribution in [3.63, 3.8) is 0 Å². The molecule has 0 saturated carbocycles. The lowest BCUT2D eigenvalue weighted by atomic mass is 9.97. The van der Waals surface area contributed by atoms with Crippen LogP contribution in [-0.4, -0.2) is 56.7 Å². The molecule has 1 aliphatic rings. The van der Waals surface area contributed by atoms with Gasteiger partial charge in [0.15, 0.2) is 11.5 Å². The van der Waals surface area contributed by atoms with Gasteiger partial charge in [0.1, 0.15) is 5.54 Å². The van der Waals surface area contributed by atoms with Gasteiger partial charge in [0.25, 0.3) is 5.91 Å². The summed E-state index contributed by atoms with van der Waals surface area (Å²) in [5.74, 6) is 0.778. The predicted molar refractivity (Wildman–Crippen MR) is 84.2 cm³/mol. The normalized spacial score (nSPS) is 16.6. The number of benzene rings is 1. The van der Waals surface area contributed by atoms with Crippen molar-refractivity contribution in [2.75, 3.05) is 34.4 Å². The summed E-state index contributed by atoms with van der Waals surface area (Å²) in [6, 6.07) is 3.18. The van der Waals surface area contributed by atoms with Gasteiger partial charge in [0.2, 0.25) is 11.7 Å². The molecule has 0 atom stereocenters. The van der Waals surface area contributed by atoms with Gasteiger partial charge in [-0.3, -0.25) is 9.59 Å². The fourth-order valence-electron chi connectivity index (χ4n) is 2.62. The van der Waals surface area contributed by atoms with E-state index in [-0.39, 0.29) is 11.8 Å². The van der Waals surface area contributed by atoms with Crippen LogP contribution in [0.25, 0.3) is 0 Å². The van der Waals surface area contributed by atoms with Crippen molar-refractivity contribution >= 4 is 11.8 Å². The zero-order chi connectivity index (χ0) is 17.2. The summed E-state index contributed by atoms with van der Waals surface area (Å²) < 4.78 is 15.8. The lowest BCUT2D eigenvalue weighted by molar-refractivity contribution is -0.133. The molecule has 7 nitrogen and oxygen atoms in total. The van der Waals surface area contributed by atoms with E-state index in [0.29, 0.717) is 35.9 Å².